The molecule has 156 valence electrons. The number of anilines is 2. The first kappa shape index (κ1) is 21.7. The second-order valence-electron chi connectivity index (χ2n) is 6.97. The number of carbonyl (C=O) groups excluding carboxylic acids is 1. The number of nitrogens with one attached hydrogen (secondary N) is 2. The lowest BCUT2D eigenvalue weighted by Gasteiger charge is -2.12. The lowest BCUT2D eigenvalue weighted by molar-refractivity contribution is 0.102. The predicted molar refractivity (Wildman–Crippen MR) is 122 cm³/mol. The van der Waals surface area contributed by atoms with E-state index in [0.29, 0.717) is 15.7 Å². The van der Waals surface area contributed by atoms with Gasteiger partial charge in [0, 0.05) is 11.9 Å². The van der Waals surface area contributed by atoms with Crippen LogP contribution in [0.1, 0.15) is 32.1 Å². The zero-order chi connectivity index (χ0) is 21.9. The first-order valence-electron chi connectivity index (χ1n) is 9.27. The third-order valence-electron chi connectivity index (χ3n) is 4.44. The summed E-state index contributed by atoms with van der Waals surface area (Å²) in [6.45, 7) is 7.68. The quantitative estimate of drug-likeness (QED) is 0.563. The van der Waals surface area contributed by atoms with E-state index >= 15 is 0 Å². The Kier molecular flexibility index (Phi) is 6.38. The largest absolute Gasteiger partial charge is 0.337 e. The van der Waals surface area contributed by atoms with Crippen LogP contribution in [-0.2, 0) is 9.84 Å². The van der Waals surface area contributed by atoms with Crippen molar-refractivity contribution >= 4 is 37.9 Å². The van der Waals surface area contributed by atoms with Crippen molar-refractivity contribution in [2.24, 2.45) is 0 Å². The summed E-state index contributed by atoms with van der Waals surface area (Å²) in [6.07, 6.45) is 1.32. The lowest BCUT2D eigenvalue weighted by Crippen LogP contribution is -2.13. The van der Waals surface area contributed by atoms with E-state index in [2.05, 4.69) is 15.6 Å². The van der Waals surface area contributed by atoms with Gasteiger partial charge < -0.3 is 10.6 Å². The number of hydrogen-bond acceptors (Lipinski definition) is 6. The summed E-state index contributed by atoms with van der Waals surface area (Å²) in [5.41, 5.74) is 4.50. The van der Waals surface area contributed by atoms with Crippen molar-refractivity contribution in [1.82, 2.24) is 4.98 Å². The number of benzene rings is 2. The molecule has 6 nitrogen and oxygen atoms in total. The van der Waals surface area contributed by atoms with Gasteiger partial charge in [-0.05, 0) is 51.0 Å². The highest BCUT2D eigenvalue weighted by Gasteiger charge is 2.17. The van der Waals surface area contributed by atoms with Crippen LogP contribution in [0.4, 0.5) is 10.8 Å². The molecule has 0 unspecified atom stereocenters. The highest BCUT2D eigenvalue weighted by Crippen LogP contribution is 2.27. The van der Waals surface area contributed by atoms with Crippen molar-refractivity contribution in [2.45, 2.75) is 32.6 Å². The summed E-state index contributed by atoms with van der Waals surface area (Å²) in [7, 11) is -3.55. The number of aromatic nitrogens is 1. The van der Waals surface area contributed by atoms with Gasteiger partial charge in [0.25, 0.3) is 5.91 Å². The first-order valence-corrected chi connectivity index (χ1v) is 11.6. The molecule has 2 aromatic carbocycles. The maximum atomic E-state index is 12.8. The Bertz CT molecular complexity index is 1190. The Morgan fingerprint density at radius 1 is 1.03 bits per heavy atom. The molecule has 0 aliphatic rings. The molecule has 1 heterocycles. The Balaban J connectivity index is 1.73. The van der Waals surface area contributed by atoms with Crippen LogP contribution >= 0.6 is 11.3 Å². The Labute approximate surface area is 180 Å². The van der Waals surface area contributed by atoms with E-state index in [9.17, 15) is 13.2 Å². The Morgan fingerprint density at radius 2 is 1.67 bits per heavy atom. The molecule has 0 spiro atoms. The van der Waals surface area contributed by atoms with Gasteiger partial charge in [-0.3, -0.25) is 4.79 Å². The smallest absolute Gasteiger partial charge is 0.267 e. The molecule has 0 bridgehead atoms. The number of nitrogens with zero attached hydrogens (tertiary/aromatic N) is 1. The molecule has 0 aliphatic heterocycles. The summed E-state index contributed by atoms with van der Waals surface area (Å²) in [5.74, 6) is -0.242. The van der Waals surface area contributed by atoms with Crippen LogP contribution < -0.4 is 10.6 Å². The van der Waals surface area contributed by atoms with E-state index in [-0.39, 0.29) is 10.8 Å². The minimum atomic E-state index is -3.55. The van der Waals surface area contributed by atoms with Crippen LogP contribution in [0.5, 0.6) is 0 Å². The summed E-state index contributed by atoms with van der Waals surface area (Å²) in [5, 5.41) is 7.34. The lowest BCUT2D eigenvalue weighted by atomic mass is 10.1. The van der Waals surface area contributed by atoms with Gasteiger partial charge in [0.05, 0.1) is 16.0 Å². The van der Waals surface area contributed by atoms with Crippen molar-refractivity contribution in [1.29, 1.82) is 0 Å². The van der Waals surface area contributed by atoms with E-state index in [0.717, 1.165) is 27.8 Å². The second-order valence-corrected chi connectivity index (χ2v) is 9.80. The minimum Gasteiger partial charge on any atom is -0.337 e. The summed E-state index contributed by atoms with van der Waals surface area (Å²) in [6, 6.07) is 12.2. The zero-order valence-electron chi connectivity index (χ0n) is 17.2. The predicted octanol–water partition coefficient (Wildman–Crippen LogP) is 4.99. The maximum Gasteiger partial charge on any atom is 0.267 e. The number of aryl methyl sites for hydroxylation is 4. The maximum absolute atomic E-state index is 12.8. The number of thiazole rings is 1. The normalized spacial score (nSPS) is 11.6. The Morgan fingerprint density at radius 3 is 2.30 bits per heavy atom. The molecule has 0 radical (unpaired) electrons. The molecule has 0 atom stereocenters. The Hall–Kier alpha value is -2.97. The molecule has 2 N–H and O–H groups in total. The minimum absolute atomic E-state index is 0.210. The van der Waals surface area contributed by atoms with Gasteiger partial charge in [-0.25, -0.2) is 13.4 Å². The van der Waals surface area contributed by atoms with Gasteiger partial charge in [-0.1, -0.05) is 47.2 Å². The van der Waals surface area contributed by atoms with E-state index in [1.165, 1.54) is 29.7 Å². The number of rotatable bonds is 6. The van der Waals surface area contributed by atoms with Gasteiger partial charge in [-0.15, -0.1) is 0 Å². The fourth-order valence-electron chi connectivity index (χ4n) is 3.10. The van der Waals surface area contributed by atoms with Crippen molar-refractivity contribution in [3.63, 3.8) is 0 Å². The SMILES string of the molecule is Cc1cc(C)c(NC(=O)c2sc(NC=CS(=O)(=O)c3ccccc3)nc2C)c(C)c1. The molecule has 1 aromatic heterocycles. The van der Waals surface area contributed by atoms with E-state index in [1.54, 1.807) is 25.1 Å². The molecule has 0 saturated heterocycles. The van der Waals surface area contributed by atoms with Gasteiger partial charge >= 0.3 is 0 Å². The van der Waals surface area contributed by atoms with Gasteiger partial charge in [0.1, 0.15) is 4.88 Å². The second kappa shape index (κ2) is 8.81. The van der Waals surface area contributed by atoms with Gasteiger partial charge in [-0.2, -0.15) is 0 Å². The van der Waals surface area contributed by atoms with Crippen LogP contribution in [0.15, 0.2) is 59.0 Å². The van der Waals surface area contributed by atoms with Crippen molar-refractivity contribution in [2.75, 3.05) is 10.6 Å². The molecule has 8 heteroatoms. The highest BCUT2D eigenvalue weighted by atomic mass is 32.2. The molecule has 3 rings (SSSR count). The number of hydrogen-bond donors (Lipinski definition) is 2. The first-order chi connectivity index (χ1) is 14.2. The summed E-state index contributed by atoms with van der Waals surface area (Å²) in [4.78, 5) is 17.8. The molecule has 0 fully saturated rings. The van der Waals surface area contributed by atoms with Gasteiger partial charge in [0.15, 0.2) is 5.13 Å². The van der Waals surface area contributed by atoms with Crippen LogP contribution in [0.2, 0.25) is 0 Å². The molecule has 0 aliphatic carbocycles. The van der Waals surface area contributed by atoms with E-state index in [4.69, 9.17) is 0 Å². The monoisotopic (exact) mass is 441 g/mol. The highest BCUT2D eigenvalue weighted by molar-refractivity contribution is 7.94. The summed E-state index contributed by atoms with van der Waals surface area (Å²) < 4.78 is 24.6. The summed E-state index contributed by atoms with van der Waals surface area (Å²) >= 11 is 1.17. The van der Waals surface area contributed by atoms with Gasteiger partial charge in [0.2, 0.25) is 9.84 Å². The van der Waals surface area contributed by atoms with Crippen molar-refractivity contribution in [3.8, 4) is 0 Å². The topological polar surface area (TPSA) is 88.2 Å². The van der Waals surface area contributed by atoms with E-state index < -0.39 is 9.84 Å². The number of amides is 1. The van der Waals surface area contributed by atoms with Crippen LogP contribution in [-0.4, -0.2) is 19.3 Å². The molecule has 3 aromatic rings. The van der Waals surface area contributed by atoms with Crippen LogP contribution in [0.3, 0.4) is 0 Å². The van der Waals surface area contributed by atoms with Crippen molar-refractivity contribution < 1.29 is 13.2 Å². The zero-order valence-corrected chi connectivity index (χ0v) is 18.8. The fraction of sp³-hybridized carbons (Fsp3) is 0.182. The van der Waals surface area contributed by atoms with Crippen LogP contribution in [0, 0.1) is 27.7 Å². The van der Waals surface area contributed by atoms with E-state index in [1.807, 2.05) is 32.9 Å². The molecular weight excluding hydrogens is 418 g/mol. The average molecular weight is 442 g/mol. The number of carbonyl (C=O) groups is 1. The molecular formula is C22H23N3O3S2. The van der Waals surface area contributed by atoms with Crippen molar-refractivity contribution in [3.05, 3.63) is 81.3 Å². The van der Waals surface area contributed by atoms with Crippen LogP contribution in [0.25, 0.3) is 0 Å². The number of sulfone groups is 1. The average Bonchev–Trinajstić information content (AvgIpc) is 3.05. The molecule has 0 saturated carbocycles. The standard InChI is InChI=1S/C22H23N3O3S2/c1-14-12-15(2)19(16(3)13-14)25-21(26)20-17(4)24-22(29-20)23-10-11-30(27,28)18-8-6-5-7-9-18/h5-13H,1-4H3,(H,23,24)(H,25,26). The molecule has 30 heavy (non-hydrogen) atoms. The third kappa shape index (κ3) is 4.95. The third-order valence-corrected chi connectivity index (χ3v) is 6.96. The molecule has 1 amide bonds. The fourth-order valence-corrected chi connectivity index (χ4v) is 4.88.